The molecule has 0 spiro atoms. The summed E-state index contributed by atoms with van der Waals surface area (Å²) in [4.78, 5) is 22.5. The van der Waals surface area contributed by atoms with Crippen LogP contribution in [0.3, 0.4) is 0 Å². The third-order valence-electron chi connectivity index (χ3n) is 4.32. The maximum Gasteiger partial charge on any atom is 0.242 e. The highest BCUT2D eigenvalue weighted by Crippen LogP contribution is 2.28. The van der Waals surface area contributed by atoms with Gasteiger partial charge in [-0.25, -0.2) is 4.98 Å². The Kier molecular flexibility index (Phi) is 5.98. The minimum Gasteiger partial charge on any atom is -0.333 e. The molecule has 4 aromatic rings. The molecule has 0 aliphatic heterocycles. The van der Waals surface area contributed by atoms with Gasteiger partial charge >= 0.3 is 0 Å². The second-order valence-electron chi connectivity index (χ2n) is 6.30. The first-order valence-electron chi connectivity index (χ1n) is 9.07. The predicted molar refractivity (Wildman–Crippen MR) is 120 cm³/mol. The Morgan fingerprint density at radius 3 is 2.07 bits per heavy atom. The van der Waals surface area contributed by atoms with E-state index in [0.717, 1.165) is 22.6 Å². The summed E-state index contributed by atoms with van der Waals surface area (Å²) in [7, 11) is 0. The molecule has 3 aromatic carbocycles. The van der Waals surface area contributed by atoms with Crippen LogP contribution < -0.4 is 4.90 Å². The first kappa shape index (κ1) is 19.3. The third-order valence-corrected chi connectivity index (χ3v) is 5.44. The fraction of sp³-hybridized carbons (Fsp3) is 0.0435. The van der Waals surface area contributed by atoms with E-state index in [9.17, 15) is 4.79 Å². The van der Waals surface area contributed by atoms with Crippen LogP contribution in [-0.2, 0) is 4.79 Å². The van der Waals surface area contributed by atoms with E-state index in [2.05, 4.69) is 9.97 Å². The average molecular weight is 420 g/mol. The molecule has 29 heavy (non-hydrogen) atoms. The van der Waals surface area contributed by atoms with Crippen LogP contribution in [0.1, 0.15) is 0 Å². The maximum atomic E-state index is 13.1. The van der Waals surface area contributed by atoms with Crippen molar-refractivity contribution in [2.75, 3.05) is 10.7 Å². The van der Waals surface area contributed by atoms with Gasteiger partial charge in [0, 0.05) is 16.4 Å². The Hall–Kier alpha value is -3.02. The van der Waals surface area contributed by atoms with E-state index in [1.165, 1.54) is 11.8 Å². The van der Waals surface area contributed by atoms with Gasteiger partial charge in [-0.15, -0.1) is 0 Å². The van der Waals surface area contributed by atoms with Crippen LogP contribution in [0.15, 0.2) is 96.3 Å². The average Bonchev–Trinajstić information content (AvgIpc) is 3.24. The first-order chi connectivity index (χ1) is 14.2. The van der Waals surface area contributed by atoms with Gasteiger partial charge in [-0.1, -0.05) is 71.9 Å². The summed E-state index contributed by atoms with van der Waals surface area (Å²) in [5.74, 6) is 0.244. The number of nitrogens with one attached hydrogen (secondary N) is 1. The van der Waals surface area contributed by atoms with Crippen molar-refractivity contribution in [3.05, 3.63) is 96.1 Å². The SMILES string of the molecule is O=C(CSc1ncc(-c2ccc(Cl)cc2)[nH]1)N(c1ccccc1)c1ccccc1. The number of carbonyl (C=O) groups excluding carboxylic acids is 1. The molecule has 0 aliphatic carbocycles. The highest BCUT2D eigenvalue weighted by atomic mass is 35.5. The molecule has 0 unspecified atom stereocenters. The number of aromatic nitrogens is 2. The number of anilines is 2. The normalized spacial score (nSPS) is 10.7. The number of carbonyl (C=O) groups is 1. The lowest BCUT2D eigenvalue weighted by molar-refractivity contribution is -0.115. The van der Waals surface area contributed by atoms with Gasteiger partial charge in [-0.3, -0.25) is 9.69 Å². The molecule has 0 radical (unpaired) electrons. The Labute approximate surface area is 178 Å². The number of aromatic amines is 1. The van der Waals surface area contributed by atoms with Gasteiger partial charge in [0.25, 0.3) is 0 Å². The predicted octanol–water partition coefficient (Wildman–Crippen LogP) is 6.19. The van der Waals surface area contributed by atoms with Crippen molar-refractivity contribution in [2.45, 2.75) is 5.16 Å². The maximum absolute atomic E-state index is 13.1. The quantitative estimate of drug-likeness (QED) is 0.379. The molecule has 1 amide bonds. The number of rotatable bonds is 6. The summed E-state index contributed by atoms with van der Waals surface area (Å²) in [6, 6.07) is 26.9. The van der Waals surface area contributed by atoms with Crippen molar-refractivity contribution in [2.24, 2.45) is 0 Å². The summed E-state index contributed by atoms with van der Waals surface area (Å²) in [6.45, 7) is 0. The molecule has 144 valence electrons. The zero-order chi connectivity index (χ0) is 20.1. The molecule has 1 heterocycles. The highest BCUT2D eigenvalue weighted by Gasteiger charge is 2.18. The largest absolute Gasteiger partial charge is 0.333 e. The van der Waals surface area contributed by atoms with Crippen LogP contribution in [0.4, 0.5) is 11.4 Å². The third kappa shape index (κ3) is 4.70. The minimum atomic E-state index is -0.0168. The number of hydrogen-bond acceptors (Lipinski definition) is 3. The number of thioether (sulfide) groups is 1. The summed E-state index contributed by atoms with van der Waals surface area (Å²) in [5, 5.41) is 1.39. The Bertz CT molecular complexity index is 1040. The molecular weight excluding hydrogens is 402 g/mol. The van der Waals surface area contributed by atoms with Crippen LogP contribution in [0.25, 0.3) is 11.3 Å². The van der Waals surface area contributed by atoms with Crippen molar-refractivity contribution in [1.29, 1.82) is 0 Å². The molecule has 0 saturated heterocycles. The standard InChI is InChI=1S/C23H18ClN3OS/c24-18-13-11-17(12-14-18)21-15-25-23(26-21)29-16-22(28)27(19-7-3-1-4-8-19)20-9-5-2-6-10-20/h1-15H,16H2,(H,25,26). The number of para-hydroxylation sites is 2. The smallest absolute Gasteiger partial charge is 0.242 e. The van der Waals surface area contributed by atoms with Crippen LogP contribution >= 0.6 is 23.4 Å². The fourth-order valence-corrected chi connectivity index (χ4v) is 3.76. The number of imidazole rings is 1. The van der Waals surface area contributed by atoms with Gasteiger partial charge in [0.2, 0.25) is 5.91 Å². The van der Waals surface area contributed by atoms with E-state index in [1.54, 1.807) is 11.1 Å². The van der Waals surface area contributed by atoms with Gasteiger partial charge in [-0.05, 0) is 42.0 Å². The van der Waals surface area contributed by atoms with Gasteiger partial charge in [-0.2, -0.15) is 0 Å². The fourth-order valence-electron chi connectivity index (χ4n) is 2.94. The molecule has 1 aromatic heterocycles. The molecule has 0 fully saturated rings. The molecule has 4 rings (SSSR count). The Morgan fingerprint density at radius 2 is 1.48 bits per heavy atom. The van der Waals surface area contributed by atoms with Crippen LogP contribution in [-0.4, -0.2) is 21.6 Å². The molecule has 0 aliphatic rings. The van der Waals surface area contributed by atoms with Gasteiger partial charge < -0.3 is 4.98 Å². The first-order valence-corrected chi connectivity index (χ1v) is 10.4. The lowest BCUT2D eigenvalue weighted by atomic mass is 10.2. The van der Waals surface area contributed by atoms with Crippen molar-refractivity contribution >= 4 is 40.6 Å². The molecular formula is C23H18ClN3OS. The molecule has 0 saturated carbocycles. The number of benzene rings is 3. The monoisotopic (exact) mass is 419 g/mol. The van der Waals surface area contributed by atoms with Crippen molar-refractivity contribution in [3.8, 4) is 11.3 Å². The van der Waals surface area contributed by atoms with Crippen LogP contribution in [0.5, 0.6) is 0 Å². The van der Waals surface area contributed by atoms with Crippen LogP contribution in [0, 0.1) is 0 Å². The van der Waals surface area contributed by atoms with Gasteiger partial charge in [0.15, 0.2) is 5.16 Å². The van der Waals surface area contributed by atoms with E-state index in [-0.39, 0.29) is 11.7 Å². The number of H-pyrrole nitrogens is 1. The number of hydrogen-bond donors (Lipinski definition) is 1. The Morgan fingerprint density at radius 1 is 0.897 bits per heavy atom. The molecule has 1 N–H and O–H groups in total. The van der Waals surface area contributed by atoms with Crippen molar-refractivity contribution in [3.63, 3.8) is 0 Å². The van der Waals surface area contributed by atoms with Crippen LogP contribution in [0.2, 0.25) is 5.02 Å². The Balaban J connectivity index is 1.49. The lowest BCUT2D eigenvalue weighted by Crippen LogP contribution is -2.27. The topological polar surface area (TPSA) is 49.0 Å². The van der Waals surface area contributed by atoms with E-state index >= 15 is 0 Å². The minimum absolute atomic E-state index is 0.0168. The lowest BCUT2D eigenvalue weighted by Gasteiger charge is -2.22. The van der Waals surface area contributed by atoms with E-state index in [1.807, 2.05) is 84.9 Å². The zero-order valence-electron chi connectivity index (χ0n) is 15.5. The number of halogens is 1. The van der Waals surface area contributed by atoms with E-state index < -0.39 is 0 Å². The van der Waals surface area contributed by atoms with Crippen molar-refractivity contribution in [1.82, 2.24) is 9.97 Å². The van der Waals surface area contributed by atoms with Gasteiger partial charge in [0.1, 0.15) is 0 Å². The van der Waals surface area contributed by atoms with E-state index in [0.29, 0.717) is 10.2 Å². The molecule has 0 bridgehead atoms. The molecule has 4 nitrogen and oxygen atoms in total. The second kappa shape index (κ2) is 8.99. The summed E-state index contributed by atoms with van der Waals surface area (Å²) in [5.41, 5.74) is 3.56. The molecule has 6 heteroatoms. The summed E-state index contributed by atoms with van der Waals surface area (Å²) < 4.78 is 0. The second-order valence-corrected chi connectivity index (χ2v) is 7.70. The molecule has 0 atom stereocenters. The highest BCUT2D eigenvalue weighted by molar-refractivity contribution is 7.99. The van der Waals surface area contributed by atoms with Crippen molar-refractivity contribution < 1.29 is 4.79 Å². The number of amides is 1. The zero-order valence-corrected chi connectivity index (χ0v) is 17.0. The number of nitrogens with zero attached hydrogens (tertiary/aromatic N) is 2. The van der Waals surface area contributed by atoms with E-state index in [4.69, 9.17) is 11.6 Å². The summed E-state index contributed by atoms with van der Waals surface area (Å²) in [6.07, 6.45) is 1.77. The van der Waals surface area contributed by atoms with Gasteiger partial charge in [0.05, 0.1) is 17.6 Å². The summed E-state index contributed by atoms with van der Waals surface area (Å²) >= 11 is 7.33.